The summed E-state index contributed by atoms with van der Waals surface area (Å²) in [6.07, 6.45) is 6.01. The monoisotopic (exact) mass is 492 g/mol. The van der Waals surface area contributed by atoms with Gasteiger partial charge in [-0.05, 0) is 43.9 Å². The van der Waals surface area contributed by atoms with Crippen molar-refractivity contribution in [3.05, 3.63) is 57.3 Å². The molecule has 1 fully saturated rings. The number of nitrogens with zero attached hydrogens (tertiary/aromatic N) is 2. The summed E-state index contributed by atoms with van der Waals surface area (Å²) in [4.78, 5) is 31.0. The van der Waals surface area contributed by atoms with E-state index < -0.39 is 5.97 Å². The van der Waals surface area contributed by atoms with Gasteiger partial charge < -0.3 is 9.64 Å². The molecule has 0 radical (unpaired) electrons. The van der Waals surface area contributed by atoms with E-state index in [9.17, 15) is 9.59 Å². The molecule has 0 bridgehead atoms. The van der Waals surface area contributed by atoms with E-state index in [0.717, 1.165) is 22.2 Å². The van der Waals surface area contributed by atoms with Crippen molar-refractivity contribution >= 4 is 69.4 Å². The number of amides is 1. The van der Waals surface area contributed by atoms with Gasteiger partial charge in [-0.2, -0.15) is 0 Å². The van der Waals surface area contributed by atoms with Gasteiger partial charge in [0.1, 0.15) is 10.9 Å². The molecule has 0 N–H and O–H groups in total. The van der Waals surface area contributed by atoms with E-state index in [1.54, 1.807) is 30.4 Å². The summed E-state index contributed by atoms with van der Waals surface area (Å²) in [6, 6.07) is 8.35. The Balaban J connectivity index is 1.81. The molecule has 0 aliphatic carbocycles. The molecule has 164 valence electrons. The second-order valence-electron chi connectivity index (χ2n) is 6.37. The number of thiocarbonyl (C=S) groups is 1. The van der Waals surface area contributed by atoms with Crippen molar-refractivity contribution in [1.29, 1.82) is 0 Å². The Bertz CT molecular complexity index is 971. The first-order valence-electron chi connectivity index (χ1n) is 9.99. The zero-order valence-corrected chi connectivity index (χ0v) is 20.9. The van der Waals surface area contributed by atoms with Gasteiger partial charge in [0, 0.05) is 16.3 Å². The van der Waals surface area contributed by atoms with Crippen LogP contribution in [0.25, 0.3) is 0 Å². The molecule has 1 aromatic carbocycles. The lowest BCUT2D eigenvalue weighted by Crippen LogP contribution is -2.34. The standard InChI is InChI=1S/C22H24N2O3S4/c1-4-23-15-10-7-8-11-16(15)30-18(23)13-9-12-17(29-6-3)20-21(26)24(22(28)31-20)14-19(25)27-5-2/h7-13H,4-6,14H2,1-3H3. The zero-order chi connectivity index (χ0) is 22.4. The predicted octanol–water partition coefficient (Wildman–Crippen LogP) is 5.40. The lowest BCUT2D eigenvalue weighted by molar-refractivity contribution is -0.145. The molecular weight excluding hydrogens is 469 g/mol. The summed E-state index contributed by atoms with van der Waals surface area (Å²) in [7, 11) is 0. The van der Waals surface area contributed by atoms with Gasteiger partial charge in [0.15, 0.2) is 0 Å². The fourth-order valence-corrected chi connectivity index (χ4v) is 6.43. The topological polar surface area (TPSA) is 49.9 Å². The van der Waals surface area contributed by atoms with Crippen LogP contribution in [0.4, 0.5) is 5.69 Å². The van der Waals surface area contributed by atoms with Crippen molar-refractivity contribution in [3.8, 4) is 0 Å². The van der Waals surface area contributed by atoms with E-state index in [4.69, 9.17) is 17.0 Å². The number of carbonyl (C=O) groups excluding carboxylic acids is 2. The van der Waals surface area contributed by atoms with Crippen LogP contribution >= 0.6 is 47.5 Å². The SMILES string of the molecule is CCOC(=O)CN1C(=O)C(=C(C=CC=C2Sc3ccccc3N2CC)SCC)SC1=S. The van der Waals surface area contributed by atoms with Crippen LogP contribution in [0.3, 0.4) is 0 Å². The number of ether oxygens (including phenoxy) is 1. The summed E-state index contributed by atoms with van der Waals surface area (Å²) in [6.45, 7) is 6.91. The largest absolute Gasteiger partial charge is 0.465 e. The van der Waals surface area contributed by atoms with Crippen molar-refractivity contribution in [3.63, 3.8) is 0 Å². The molecule has 1 saturated heterocycles. The second-order valence-corrected chi connectivity index (χ2v) is 10.4. The highest BCUT2D eigenvalue weighted by Gasteiger charge is 2.35. The molecule has 1 amide bonds. The van der Waals surface area contributed by atoms with E-state index in [-0.39, 0.29) is 19.1 Å². The number of para-hydroxylation sites is 1. The number of fused-ring (bicyclic) bond motifs is 1. The minimum Gasteiger partial charge on any atom is -0.465 e. The van der Waals surface area contributed by atoms with Crippen LogP contribution in [-0.2, 0) is 14.3 Å². The molecule has 1 aromatic rings. The fraction of sp³-hybridized carbons (Fsp3) is 0.318. The first-order valence-corrected chi connectivity index (χ1v) is 13.0. The number of hydrogen-bond acceptors (Lipinski definition) is 8. The third-order valence-electron chi connectivity index (χ3n) is 4.40. The van der Waals surface area contributed by atoms with Crippen LogP contribution in [0.5, 0.6) is 0 Å². The summed E-state index contributed by atoms with van der Waals surface area (Å²) in [5, 5.41) is 1.15. The Morgan fingerprint density at radius 1 is 1.19 bits per heavy atom. The molecule has 9 heteroatoms. The van der Waals surface area contributed by atoms with Gasteiger partial charge in [0.2, 0.25) is 0 Å². The van der Waals surface area contributed by atoms with Gasteiger partial charge in [-0.3, -0.25) is 14.5 Å². The fourth-order valence-electron chi connectivity index (χ4n) is 3.09. The summed E-state index contributed by atoms with van der Waals surface area (Å²) >= 11 is 9.91. The molecular formula is C22H24N2O3S4. The molecule has 0 atom stereocenters. The number of allylic oxidation sites excluding steroid dienone is 3. The Morgan fingerprint density at radius 2 is 1.97 bits per heavy atom. The predicted molar refractivity (Wildman–Crippen MR) is 136 cm³/mol. The molecule has 31 heavy (non-hydrogen) atoms. The summed E-state index contributed by atoms with van der Waals surface area (Å²) in [5.41, 5.74) is 1.22. The highest BCUT2D eigenvalue weighted by Crippen LogP contribution is 2.45. The van der Waals surface area contributed by atoms with E-state index in [1.807, 2.05) is 25.1 Å². The number of carbonyl (C=O) groups is 2. The number of benzene rings is 1. The Hall–Kier alpha value is -1.68. The number of esters is 1. The lowest BCUT2D eigenvalue weighted by atomic mass is 10.3. The van der Waals surface area contributed by atoms with Crippen LogP contribution in [0, 0.1) is 0 Å². The maximum absolute atomic E-state index is 12.9. The molecule has 0 aromatic heterocycles. The van der Waals surface area contributed by atoms with E-state index in [0.29, 0.717) is 9.23 Å². The van der Waals surface area contributed by atoms with Crippen LogP contribution in [0.1, 0.15) is 20.8 Å². The number of rotatable bonds is 8. The van der Waals surface area contributed by atoms with Gasteiger partial charge in [0.05, 0.1) is 22.2 Å². The van der Waals surface area contributed by atoms with Crippen molar-refractivity contribution in [2.45, 2.75) is 25.7 Å². The van der Waals surface area contributed by atoms with Crippen molar-refractivity contribution in [2.24, 2.45) is 0 Å². The maximum atomic E-state index is 12.9. The van der Waals surface area contributed by atoms with E-state index >= 15 is 0 Å². The maximum Gasteiger partial charge on any atom is 0.326 e. The average molecular weight is 493 g/mol. The van der Waals surface area contributed by atoms with Gasteiger partial charge in [-0.15, -0.1) is 11.8 Å². The van der Waals surface area contributed by atoms with Crippen LogP contribution < -0.4 is 4.90 Å². The Kier molecular flexibility index (Phi) is 8.71. The average Bonchev–Trinajstić information content (AvgIpc) is 3.25. The molecule has 5 nitrogen and oxygen atoms in total. The second kappa shape index (κ2) is 11.3. The molecule has 0 spiro atoms. The molecule has 0 unspecified atom stereocenters. The Labute approximate surface area is 201 Å². The van der Waals surface area contributed by atoms with Gasteiger partial charge in [0.25, 0.3) is 5.91 Å². The van der Waals surface area contributed by atoms with Crippen molar-refractivity contribution < 1.29 is 14.3 Å². The number of hydrogen-bond donors (Lipinski definition) is 0. The minimum atomic E-state index is -0.456. The highest BCUT2D eigenvalue weighted by atomic mass is 32.2. The smallest absolute Gasteiger partial charge is 0.326 e. The molecule has 2 aliphatic rings. The van der Waals surface area contributed by atoms with Crippen LogP contribution in [0.2, 0.25) is 0 Å². The quantitative estimate of drug-likeness (QED) is 0.271. The van der Waals surface area contributed by atoms with Gasteiger partial charge >= 0.3 is 5.97 Å². The Morgan fingerprint density at radius 3 is 2.68 bits per heavy atom. The third kappa shape index (κ3) is 5.58. The van der Waals surface area contributed by atoms with E-state index in [2.05, 4.69) is 36.1 Å². The van der Waals surface area contributed by atoms with Gasteiger partial charge in [-0.25, -0.2) is 0 Å². The van der Waals surface area contributed by atoms with Gasteiger partial charge in [-0.1, -0.05) is 60.9 Å². The van der Waals surface area contributed by atoms with Crippen molar-refractivity contribution in [1.82, 2.24) is 4.90 Å². The summed E-state index contributed by atoms with van der Waals surface area (Å²) < 4.78 is 5.34. The normalized spacial score (nSPS) is 19.0. The zero-order valence-electron chi connectivity index (χ0n) is 17.6. The van der Waals surface area contributed by atoms with Crippen molar-refractivity contribution in [2.75, 3.05) is 30.3 Å². The lowest BCUT2D eigenvalue weighted by Gasteiger charge is -2.17. The molecule has 2 aliphatic heterocycles. The van der Waals surface area contributed by atoms with E-state index in [1.165, 1.54) is 27.2 Å². The van der Waals surface area contributed by atoms with Crippen LogP contribution in [-0.4, -0.2) is 46.5 Å². The first kappa shape index (κ1) is 24.0. The molecule has 2 heterocycles. The third-order valence-corrected chi connectivity index (χ3v) is 8.07. The number of anilines is 1. The highest BCUT2D eigenvalue weighted by molar-refractivity contribution is 8.27. The molecule has 3 rings (SSSR count). The molecule has 0 saturated carbocycles. The first-order chi connectivity index (χ1) is 15.0. The summed E-state index contributed by atoms with van der Waals surface area (Å²) in [5.74, 6) is 0.121. The van der Waals surface area contributed by atoms with Crippen LogP contribution in [0.15, 0.2) is 62.2 Å². The number of thioether (sulfide) groups is 3. The minimum absolute atomic E-state index is 0.153.